The molecule has 0 radical (unpaired) electrons. The summed E-state index contributed by atoms with van der Waals surface area (Å²) in [6.45, 7) is 6.23. The Kier molecular flexibility index (Phi) is 8.70. The summed E-state index contributed by atoms with van der Waals surface area (Å²) in [6.07, 6.45) is 0.164. The summed E-state index contributed by atoms with van der Waals surface area (Å²) >= 11 is 12.5. The van der Waals surface area contributed by atoms with E-state index < -0.39 is 59.1 Å². The van der Waals surface area contributed by atoms with E-state index in [4.69, 9.17) is 37.5 Å². The second-order valence-corrected chi connectivity index (χ2v) is 11.7. The van der Waals surface area contributed by atoms with Crippen LogP contribution in [0.15, 0.2) is 42.1 Å². The zero-order valence-corrected chi connectivity index (χ0v) is 24.9. The second-order valence-electron chi connectivity index (χ2n) is 10.9. The topological polar surface area (TPSA) is 148 Å². The third kappa shape index (κ3) is 6.00. The molecule has 14 heteroatoms. The van der Waals surface area contributed by atoms with Crippen LogP contribution in [0, 0.1) is 11.3 Å². The highest BCUT2D eigenvalue weighted by Gasteiger charge is 2.64. The van der Waals surface area contributed by atoms with Crippen molar-refractivity contribution in [3.8, 4) is 11.8 Å². The van der Waals surface area contributed by atoms with E-state index in [0.29, 0.717) is 15.3 Å². The van der Waals surface area contributed by atoms with Crippen molar-refractivity contribution >= 4 is 47.1 Å². The van der Waals surface area contributed by atoms with Crippen LogP contribution in [0.1, 0.15) is 39.7 Å². The molecule has 3 heterocycles. The number of amides is 2. The number of benzene rings is 1. The van der Waals surface area contributed by atoms with Gasteiger partial charge in [-0.05, 0) is 51.5 Å². The van der Waals surface area contributed by atoms with Crippen molar-refractivity contribution in [2.24, 2.45) is 11.3 Å². The predicted molar refractivity (Wildman–Crippen MR) is 149 cm³/mol. The van der Waals surface area contributed by atoms with Crippen LogP contribution in [0.2, 0.25) is 10.0 Å². The standard InChI is InChI=1S/C28H31Cl2N3O9/c1-5-40-25(38)28-15-31(26(39)41-27(2,3)4)11-10-20(28)32(14-16-6-7-17(29)12-19(16)30)24(37)18(28)13-23(36)42-33-21(34)8-9-22(33)35/h6-10,12,18,34-35H,5,11,13-15H2,1-4H3/t18-,28-/m1/s1. The first-order valence-corrected chi connectivity index (χ1v) is 13.9. The Labute approximate surface area is 251 Å². The van der Waals surface area contributed by atoms with Crippen LogP contribution in [-0.2, 0) is 30.4 Å². The number of halogens is 2. The van der Waals surface area contributed by atoms with Gasteiger partial charge in [0.2, 0.25) is 17.7 Å². The molecule has 2 N–H and O–H groups in total. The maximum Gasteiger partial charge on any atom is 0.410 e. The number of hydrogen-bond donors (Lipinski definition) is 2. The molecule has 42 heavy (non-hydrogen) atoms. The second kappa shape index (κ2) is 11.8. The number of rotatable bonds is 7. The first-order valence-electron chi connectivity index (χ1n) is 13.1. The fraction of sp³-hybridized carbons (Fsp3) is 0.429. The summed E-state index contributed by atoms with van der Waals surface area (Å²) in [5.74, 6) is -5.01. The van der Waals surface area contributed by atoms with Crippen molar-refractivity contribution in [1.82, 2.24) is 14.5 Å². The summed E-state index contributed by atoms with van der Waals surface area (Å²) in [5.41, 5.74) is -1.90. The molecule has 0 aliphatic carbocycles. The highest BCUT2D eigenvalue weighted by Crippen LogP contribution is 2.51. The van der Waals surface area contributed by atoms with Gasteiger partial charge in [-0.2, -0.15) is 0 Å². The smallest absolute Gasteiger partial charge is 0.410 e. The fourth-order valence-corrected chi connectivity index (χ4v) is 5.53. The lowest BCUT2D eigenvalue weighted by molar-refractivity contribution is -0.161. The van der Waals surface area contributed by atoms with Gasteiger partial charge in [-0.1, -0.05) is 29.3 Å². The van der Waals surface area contributed by atoms with Gasteiger partial charge in [0.05, 0.1) is 25.5 Å². The lowest BCUT2D eigenvalue weighted by atomic mass is 9.72. The van der Waals surface area contributed by atoms with Crippen LogP contribution in [0.3, 0.4) is 0 Å². The van der Waals surface area contributed by atoms with E-state index >= 15 is 0 Å². The van der Waals surface area contributed by atoms with Crippen LogP contribution in [0.25, 0.3) is 0 Å². The minimum atomic E-state index is -1.82. The molecule has 0 spiro atoms. The Bertz CT molecular complexity index is 1430. The Morgan fingerprint density at radius 3 is 2.36 bits per heavy atom. The van der Waals surface area contributed by atoms with E-state index in [1.54, 1.807) is 45.9 Å². The summed E-state index contributed by atoms with van der Waals surface area (Å²) in [7, 11) is 0. The molecule has 226 valence electrons. The molecule has 1 aromatic carbocycles. The minimum Gasteiger partial charge on any atom is -0.492 e. The Morgan fingerprint density at radius 2 is 1.76 bits per heavy atom. The minimum absolute atomic E-state index is 0.00576. The number of likely N-dealkylation sites (tertiary alicyclic amines) is 1. The molecule has 1 aromatic heterocycles. The Morgan fingerprint density at radius 1 is 1.10 bits per heavy atom. The zero-order valence-electron chi connectivity index (χ0n) is 23.4. The van der Waals surface area contributed by atoms with Crippen LogP contribution >= 0.6 is 23.2 Å². The molecule has 2 aromatic rings. The van der Waals surface area contributed by atoms with Crippen LogP contribution in [0.5, 0.6) is 11.8 Å². The molecule has 1 saturated heterocycles. The highest BCUT2D eigenvalue weighted by molar-refractivity contribution is 6.35. The summed E-state index contributed by atoms with van der Waals surface area (Å²) < 4.78 is 11.4. The number of aromatic hydroxyl groups is 2. The molecule has 2 aliphatic rings. The van der Waals surface area contributed by atoms with Crippen molar-refractivity contribution < 1.29 is 43.7 Å². The number of hydrogen-bond acceptors (Lipinski definition) is 9. The molecule has 0 bridgehead atoms. The zero-order chi connectivity index (χ0) is 31.0. The van der Waals surface area contributed by atoms with E-state index in [1.807, 2.05) is 0 Å². The van der Waals surface area contributed by atoms with Crippen molar-refractivity contribution in [3.63, 3.8) is 0 Å². The third-order valence-electron chi connectivity index (χ3n) is 6.85. The number of esters is 1. The molecular formula is C28H31Cl2N3O9. The monoisotopic (exact) mass is 623 g/mol. The van der Waals surface area contributed by atoms with Crippen molar-refractivity contribution in [2.75, 3.05) is 19.7 Å². The van der Waals surface area contributed by atoms with Crippen molar-refractivity contribution in [3.05, 3.63) is 57.7 Å². The van der Waals surface area contributed by atoms with Crippen LogP contribution in [0.4, 0.5) is 4.79 Å². The largest absolute Gasteiger partial charge is 0.492 e. The summed E-state index contributed by atoms with van der Waals surface area (Å²) in [6, 6.07) is 6.96. The van der Waals surface area contributed by atoms with Crippen LogP contribution in [-0.4, -0.2) is 74.0 Å². The molecular weight excluding hydrogens is 593 g/mol. The Balaban J connectivity index is 1.79. The maximum atomic E-state index is 14.1. The van der Waals surface area contributed by atoms with Gasteiger partial charge in [-0.25, -0.2) is 9.59 Å². The van der Waals surface area contributed by atoms with Crippen molar-refractivity contribution in [2.45, 2.75) is 46.3 Å². The van der Waals surface area contributed by atoms with E-state index in [9.17, 15) is 29.4 Å². The lowest BCUT2D eigenvalue weighted by Gasteiger charge is -2.40. The number of fused-ring (bicyclic) bond motifs is 1. The van der Waals surface area contributed by atoms with Gasteiger partial charge in [-0.3, -0.25) is 9.59 Å². The van der Waals surface area contributed by atoms with E-state index in [-0.39, 0.29) is 37.0 Å². The number of carbonyl (C=O) groups excluding carboxylic acids is 4. The molecule has 12 nitrogen and oxygen atoms in total. The maximum absolute atomic E-state index is 14.1. The van der Waals surface area contributed by atoms with Gasteiger partial charge in [0.15, 0.2) is 0 Å². The van der Waals surface area contributed by atoms with Gasteiger partial charge in [-0.15, -0.1) is 4.73 Å². The number of carbonyl (C=O) groups is 4. The van der Waals surface area contributed by atoms with Crippen LogP contribution < -0.4 is 4.84 Å². The number of nitrogens with zero attached hydrogens (tertiary/aromatic N) is 3. The first kappa shape index (κ1) is 31.0. The SMILES string of the molecule is CCOC(=O)[C@@]12CN(C(=O)OC(C)(C)C)CC=C1N(Cc1ccc(Cl)cc1Cl)C(=O)[C@H]2CC(=O)On1c(O)ccc1O. The summed E-state index contributed by atoms with van der Waals surface area (Å²) in [5, 5.41) is 20.5. The predicted octanol–water partition coefficient (Wildman–Crippen LogP) is 3.89. The molecule has 1 fully saturated rings. The van der Waals surface area contributed by atoms with E-state index in [0.717, 1.165) is 12.1 Å². The summed E-state index contributed by atoms with van der Waals surface area (Å²) in [4.78, 5) is 61.9. The molecule has 2 amide bonds. The normalized spacial score (nSPS) is 20.2. The highest BCUT2D eigenvalue weighted by atomic mass is 35.5. The third-order valence-corrected chi connectivity index (χ3v) is 7.44. The molecule has 0 unspecified atom stereocenters. The quantitative estimate of drug-likeness (QED) is 0.438. The first-order chi connectivity index (χ1) is 19.7. The van der Waals surface area contributed by atoms with Crippen molar-refractivity contribution in [1.29, 1.82) is 0 Å². The average Bonchev–Trinajstić information content (AvgIpc) is 3.33. The molecule has 4 rings (SSSR count). The Hall–Kier alpha value is -3.90. The van der Waals surface area contributed by atoms with Gasteiger partial charge in [0.25, 0.3) is 0 Å². The molecule has 0 saturated carbocycles. The molecule has 2 aliphatic heterocycles. The van der Waals surface area contributed by atoms with Gasteiger partial charge in [0, 0.05) is 41.0 Å². The van der Waals surface area contributed by atoms with E-state index in [1.165, 1.54) is 15.9 Å². The lowest BCUT2D eigenvalue weighted by Crippen LogP contribution is -2.54. The number of ether oxygens (including phenoxy) is 2. The number of aromatic nitrogens is 1. The van der Waals surface area contributed by atoms with Gasteiger partial charge >= 0.3 is 18.0 Å². The molecule has 2 atom stereocenters. The average molecular weight is 624 g/mol. The fourth-order valence-electron chi connectivity index (χ4n) is 5.07. The van der Waals surface area contributed by atoms with E-state index in [2.05, 4.69) is 0 Å². The van der Waals surface area contributed by atoms with Gasteiger partial charge < -0.3 is 34.3 Å². The van der Waals surface area contributed by atoms with Gasteiger partial charge in [0.1, 0.15) is 11.0 Å².